The molecule has 0 radical (unpaired) electrons. The van der Waals surface area contributed by atoms with E-state index in [0.717, 1.165) is 33.9 Å². The van der Waals surface area contributed by atoms with Crippen molar-refractivity contribution in [3.8, 4) is 12.1 Å². The molecule has 8 nitrogen and oxygen atoms in total. The lowest BCUT2D eigenvalue weighted by molar-refractivity contribution is -0.113. The third-order valence-corrected chi connectivity index (χ3v) is 10.0. The number of thioether (sulfide) groups is 2. The fourth-order valence-corrected chi connectivity index (χ4v) is 7.75. The minimum atomic E-state index is -0.567. The summed E-state index contributed by atoms with van der Waals surface area (Å²) >= 11 is 2.63. The van der Waals surface area contributed by atoms with Gasteiger partial charge in [0.15, 0.2) is 0 Å². The van der Waals surface area contributed by atoms with E-state index >= 15 is 0 Å². The minimum Gasteiger partial charge on any atom is -0.321 e. The van der Waals surface area contributed by atoms with Gasteiger partial charge in [-0.05, 0) is 59.7 Å². The number of rotatable bonds is 8. The molecule has 0 aromatic heterocycles. The molecular weight excluding hydrogens is 685 g/mol. The van der Waals surface area contributed by atoms with Crippen LogP contribution in [0.4, 0.5) is 22.7 Å². The Morgan fingerprint density at radius 1 is 0.481 bits per heavy atom. The van der Waals surface area contributed by atoms with E-state index in [1.807, 2.05) is 142 Å². The van der Waals surface area contributed by atoms with E-state index in [1.165, 1.54) is 23.5 Å². The summed E-state index contributed by atoms with van der Waals surface area (Å²) in [6, 6.07) is 49.5. The molecule has 2 N–H and O–H groups in total. The fraction of sp³-hybridized carbons (Fsp3) is 0. The molecule has 10 heteroatoms. The molecule has 0 saturated carbocycles. The normalized spacial score (nSPS) is 15.5. The fourth-order valence-electron chi connectivity index (χ4n) is 5.69. The van der Waals surface area contributed by atoms with Crippen LogP contribution in [0.15, 0.2) is 178 Å². The number of hydrogen-bond acceptors (Lipinski definition) is 8. The Labute approximate surface area is 309 Å². The lowest BCUT2D eigenvalue weighted by Gasteiger charge is -2.24. The Balaban J connectivity index is 1.10. The van der Waals surface area contributed by atoms with Crippen molar-refractivity contribution in [1.82, 2.24) is 0 Å². The lowest BCUT2D eigenvalue weighted by Crippen LogP contribution is -2.22. The number of nitrogens with zero attached hydrogens (tertiary/aromatic N) is 4. The maximum Gasteiger partial charge on any atom is 0.269 e. The van der Waals surface area contributed by atoms with E-state index in [9.17, 15) is 20.1 Å². The first-order valence-corrected chi connectivity index (χ1v) is 17.9. The molecule has 0 spiro atoms. The molecular formula is C42H28N6O2S2. The largest absolute Gasteiger partial charge is 0.321 e. The van der Waals surface area contributed by atoms with Gasteiger partial charge in [-0.3, -0.25) is 9.59 Å². The zero-order valence-electron chi connectivity index (χ0n) is 27.4. The Bertz CT molecular complexity index is 2180. The van der Waals surface area contributed by atoms with Crippen molar-refractivity contribution in [2.75, 3.05) is 20.4 Å². The predicted molar refractivity (Wildman–Crippen MR) is 211 cm³/mol. The number of benzene rings is 5. The highest BCUT2D eigenvalue weighted by Crippen LogP contribution is 2.46. The topological polar surface area (TPSA) is 112 Å². The molecule has 0 atom stereocenters. The van der Waals surface area contributed by atoms with E-state index in [2.05, 4.69) is 22.8 Å². The highest BCUT2D eigenvalue weighted by molar-refractivity contribution is 8.06. The van der Waals surface area contributed by atoms with Crippen molar-refractivity contribution in [2.24, 2.45) is 0 Å². The average molecular weight is 713 g/mol. The summed E-state index contributed by atoms with van der Waals surface area (Å²) in [4.78, 5) is 31.0. The van der Waals surface area contributed by atoms with Gasteiger partial charge in [-0.15, -0.1) is 0 Å². The molecule has 2 heterocycles. The van der Waals surface area contributed by atoms with Crippen molar-refractivity contribution in [3.05, 3.63) is 189 Å². The molecule has 5 aromatic rings. The highest BCUT2D eigenvalue weighted by atomic mass is 32.2. The van der Waals surface area contributed by atoms with Gasteiger partial charge in [0.2, 0.25) is 0 Å². The molecule has 2 amide bonds. The molecule has 2 aliphatic heterocycles. The van der Waals surface area contributed by atoms with E-state index < -0.39 is 11.8 Å². The number of para-hydroxylation sites is 2. The Morgan fingerprint density at radius 3 is 1.13 bits per heavy atom. The maximum absolute atomic E-state index is 13.6. The summed E-state index contributed by atoms with van der Waals surface area (Å²) in [6.45, 7) is 0. The van der Waals surface area contributed by atoms with Crippen LogP contribution in [0.1, 0.15) is 11.1 Å². The Hall–Kier alpha value is -6.72. The van der Waals surface area contributed by atoms with Crippen molar-refractivity contribution >= 4 is 69.5 Å². The zero-order valence-corrected chi connectivity index (χ0v) is 29.1. The van der Waals surface area contributed by atoms with Crippen molar-refractivity contribution in [2.45, 2.75) is 0 Å². The van der Waals surface area contributed by atoms with Gasteiger partial charge < -0.3 is 20.4 Å². The Morgan fingerprint density at radius 2 is 0.808 bits per heavy atom. The third kappa shape index (κ3) is 6.98. The monoisotopic (exact) mass is 712 g/mol. The summed E-state index contributed by atoms with van der Waals surface area (Å²) in [5, 5.41) is 30.9. The number of hydrogen-bond donors (Lipinski definition) is 2. The van der Waals surface area contributed by atoms with Crippen LogP contribution >= 0.6 is 23.5 Å². The third-order valence-electron chi connectivity index (χ3n) is 8.13. The second-order valence-corrected chi connectivity index (χ2v) is 13.1. The van der Waals surface area contributed by atoms with E-state index in [1.54, 1.807) is 24.3 Å². The quantitative estimate of drug-likeness (QED) is 0.121. The first-order valence-electron chi connectivity index (χ1n) is 16.1. The molecule has 5 aromatic carbocycles. The van der Waals surface area contributed by atoms with E-state index in [0.29, 0.717) is 21.4 Å². The van der Waals surface area contributed by atoms with Crippen LogP contribution in [0.5, 0.6) is 0 Å². The highest BCUT2D eigenvalue weighted by Gasteiger charge is 2.31. The van der Waals surface area contributed by atoms with Gasteiger partial charge >= 0.3 is 0 Å². The van der Waals surface area contributed by atoms with Crippen molar-refractivity contribution < 1.29 is 9.59 Å². The van der Waals surface area contributed by atoms with Gasteiger partial charge in [-0.2, -0.15) is 10.5 Å². The smallest absolute Gasteiger partial charge is 0.269 e. The van der Waals surface area contributed by atoms with Gasteiger partial charge in [0.05, 0.1) is 11.4 Å². The molecule has 250 valence electrons. The first kappa shape index (κ1) is 33.8. The van der Waals surface area contributed by atoms with Crippen LogP contribution < -0.4 is 20.4 Å². The molecule has 7 rings (SSSR count). The number of nitrogens with one attached hydrogen (secondary N) is 2. The van der Waals surface area contributed by atoms with Crippen LogP contribution in [-0.4, -0.2) is 11.8 Å². The van der Waals surface area contributed by atoms with Gasteiger partial charge in [0.25, 0.3) is 11.8 Å². The summed E-state index contributed by atoms with van der Waals surface area (Å²) < 4.78 is 0. The van der Waals surface area contributed by atoms with E-state index in [-0.39, 0.29) is 11.1 Å². The molecule has 2 aliphatic rings. The first-order chi connectivity index (χ1) is 25.6. The number of carbonyl (C=O) groups is 2. The maximum atomic E-state index is 13.6. The molecule has 52 heavy (non-hydrogen) atoms. The zero-order chi connectivity index (χ0) is 35.9. The average Bonchev–Trinajstić information content (AvgIpc) is 3.83. The van der Waals surface area contributed by atoms with Crippen LogP contribution in [-0.2, 0) is 9.59 Å². The van der Waals surface area contributed by atoms with Crippen LogP contribution in [0.3, 0.4) is 0 Å². The van der Waals surface area contributed by atoms with Gasteiger partial charge in [-0.25, -0.2) is 0 Å². The molecule has 0 bridgehead atoms. The van der Waals surface area contributed by atoms with Gasteiger partial charge in [0, 0.05) is 33.6 Å². The molecule has 0 aliphatic carbocycles. The van der Waals surface area contributed by atoms with Gasteiger partial charge in [0.1, 0.15) is 33.3 Å². The molecule has 0 unspecified atom stereocenters. The standard InChI is InChI=1S/C42H28N6O2S2/c43-25-35(41-47(33-17-9-3-10-18-33)37(27-51-41)29-13-5-1-6-14-29)39(49)45-31-21-23-32(24-22-31)46-40(50)36(26-44)42-48(34-19-11-4-12-20-34)38(28-52-42)30-15-7-2-8-16-30/h1-24,27-28H,(H,45,49)(H,46,50)/b41-35+,42-36+. The summed E-state index contributed by atoms with van der Waals surface area (Å²) in [6.07, 6.45) is 0. The van der Waals surface area contributed by atoms with Crippen molar-refractivity contribution in [1.29, 1.82) is 10.5 Å². The minimum absolute atomic E-state index is 0.0424. The predicted octanol–water partition coefficient (Wildman–Crippen LogP) is 9.54. The molecule has 0 saturated heterocycles. The number of anilines is 4. The van der Waals surface area contributed by atoms with E-state index in [4.69, 9.17) is 0 Å². The second-order valence-electron chi connectivity index (χ2n) is 11.4. The summed E-state index contributed by atoms with van der Waals surface area (Å²) in [7, 11) is 0. The summed E-state index contributed by atoms with van der Waals surface area (Å²) in [5.74, 6) is -1.13. The SMILES string of the molecule is N#C/C(C(=O)Nc1ccc(NC(=O)/C(C#N)=C2/SC=C(c3ccccc3)N2c2ccccc2)cc1)=C1\SC=C(c2ccccc2)N1c1ccccc1. The van der Waals surface area contributed by atoms with Crippen LogP contribution in [0.25, 0.3) is 11.4 Å². The summed E-state index contributed by atoms with van der Waals surface area (Å²) in [5.41, 5.74) is 6.03. The molecule has 0 fully saturated rings. The van der Waals surface area contributed by atoms with Crippen LogP contribution in [0, 0.1) is 22.7 Å². The number of amides is 2. The number of nitriles is 2. The lowest BCUT2D eigenvalue weighted by atomic mass is 10.1. The van der Waals surface area contributed by atoms with Crippen LogP contribution in [0.2, 0.25) is 0 Å². The van der Waals surface area contributed by atoms with Gasteiger partial charge in [-0.1, -0.05) is 121 Å². The van der Waals surface area contributed by atoms with Crippen molar-refractivity contribution in [3.63, 3.8) is 0 Å². The second kappa shape index (κ2) is 15.4. The Kier molecular flexibility index (Phi) is 10.0. The number of carbonyl (C=O) groups excluding carboxylic acids is 2.